The fraction of sp³-hybridized carbons (Fsp3) is 0.238. The minimum absolute atomic E-state index is 0.0181. The molecule has 0 amide bonds. The summed E-state index contributed by atoms with van der Waals surface area (Å²) in [4.78, 5) is 25.6. The minimum Gasteiger partial charge on any atom is -0.457 e. The zero-order chi connectivity index (χ0) is 19.4. The second kappa shape index (κ2) is 8.05. The first kappa shape index (κ1) is 18.7. The molecule has 27 heavy (non-hydrogen) atoms. The summed E-state index contributed by atoms with van der Waals surface area (Å²) in [5.74, 6) is -0.671. The molecule has 0 saturated heterocycles. The first-order valence-electron chi connectivity index (χ1n) is 8.76. The fourth-order valence-electron chi connectivity index (χ4n) is 2.97. The van der Waals surface area contributed by atoms with Gasteiger partial charge in [-0.25, -0.2) is 9.48 Å². The topological polar surface area (TPSA) is 73.5 Å². The van der Waals surface area contributed by atoms with Crippen molar-refractivity contribution >= 4 is 5.97 Å². The number of hydrogen-bond acceptors (Lipinski definition) is 4. The third-order valence-electron chi connectivity index (χ3n) is 4.25. The predicted octanol–water partition coefficient (Wildman–Crippen LogP) is 2.69. The van der Waals surface area contributed by atoms with E-state index in [0.717, 1.165) is 5.56 Å². The van der Waals surface area contributed by atoms with Crippen LogP contribution in [0.25, 0.3) is 5.69 Å². The van der Waals surface area contributed by atoms with Crippen molar-refractivity contribution in [1.29, 1.82) is 0 Å². The molecular weight excluding hydrogens is 344 g/mol. The highest BCUT2D eigenvalue weighted by Gasteiger charge is 2.25. The Labute approximate surface area is 157 Å². The van der Waals surface area contributed by atoms with E-state index in [1.54, 1.807) is 30.7 Å². The van der Waals surface area contributed by atoms with Gasteiger partial charge in [0.25, 0.3) is 5.56 Å². The summed E-state index contributed by atoms with van der Waals surface area (Å²) in [6.45, 7) is 3.59. The Bertz CT molecular complexity index is 973. The van der Waals surface area contributed by atoms with Crippen LogP contribution in [0.2, 0.25) is 0 Å². The number of aliphatic hydroxyl groups excluding tert-OH is 1. The first-order chi connectivity index (χ1) is 13.0. The molecule has 6 heteroatoms. The van der Waals surface area contributed by atoms with Crippen LogP contribution in [0.4, 0.5) is 0 Å². The molecule has 0 aliphatic heterocycles. The van der Waals surface area contributed by atoms with Crippen molar-refractivity contribution in [2.75, 3.05) is 0 Å². The lowest BCUT2D eigenvalue weighted by Crippen LogP contribution is -2.26. The molecule has 1 aromatic heterocycles. The third kappa shape index (κ3) is 4.01. The van der Waals surface area contributed by atoms with E-state index >= 15 is 0 Å². The molecule has 0 bridgehead atoms. The molecule has 0 spiro atoms. The van der Waals surface area contributed by atoms with Crippen molar-refractivity contribution in [3.05, 3.63) is 87.8 Å². The summed E-state index contributed by atoms with van der Waals surface area (Å²) >= 11 is 0. The Morgan fingerprint density at radius 2 is 1.67 bits per heavy atom. The largest absolute Gasteiger partial charge is 0.457 e. The van der Waals surface area contributed by atoms with E-state index in [9.17, 15) is 14.7 Å². The molecule has 6 nitrogen and oxygen atoms in total. The number of carbonyl (C=O) groups excluding carboxylic acids is 1. The van der Waals surface area contributed by atoms with Gasteiger partial charge in [-0.1, -0.05) is 48.5 Å². The van der Waals surface area contributed by atoms with Crippen LogP contribution in [0.1, 0.15) is 28.5 Å². The van der Waals surface area contributed by atoms with E-state index in [4.69, 9.17) is 4.74 Å². The molecule has 0 fully saturated rings. The summed E-state index contributed by atoms with van der Waals surface area (Å²) in [7, 11) is 0. The molecule has 0 saturated carbocycles. The molecule has 1 heterocycles. The summed E-state index contributed by atoms with van der Waals surface area (Å²) in [5, 5.41) is 9.84. The zero-order valence-electron chi connectivity index (χ0n) is 15.3. The van der Waals surface area contributed by atoms with Crippen LogP contribution in [0.3, 0.4) is 0 Å². The van der Waals surface area contributed by atoms with E-state index in [0.29, 0.717) is 11.4 Å². The number of nitrogens with zero attached hydrogens (tertiary/aromatic N) is 2. The first-order valence-corrected chi connectivity index (χ1v) is 8.76. The number of para-hydroxylation sites is 1. The molecule has 0 aliphatic carbocycles. The Morgan fingerprint density at radius 3 is 2.26 bits per heavy atom. The van der Waals surface area contributed by atoms with Crippen molar-refractivity contribution in [1.82, 2.24) is 9.36 Å². The quantitative estimate of drug-likeness (QED) is 0.681. The average Bonchev–Trinajstić information content (AvgIpc) is 2.91. The second-order valence-electron chi connectivity index (χ2n) is 6.41. The monoisotopic (exact) mass is 366 g/mol. The van der Waals surface area contributed by atoms with Crippen LogP contribution in [-0.4, -0.2) is 26.5 Å². The Hall–Kier alpha value is -3.12. The van der Waals surface area contributed by atoms with Crippen LogP contribution in [0, 0.1) is 6.92 Å². The lowest BCUT2D eigenvalue weighted by molar-refractivity contribution is 0.0470. The van der Waals surface area contributed by atoms with Crippen molar-refractivity contribution < 1.29 is 14.6 Å². The van der Waals surface area contributed by atoms with Crippen molar-refractivity contribution in [3.63, 3.8) is 0 Å². The molecular formula is C21H22N2O4. The number of ether oxygens (including phenoxy) is 1. The molecule has 0 unspecified atom stereocenters. The van der Waals surface area contributed by atoms with Gasteiger partial charge in [0.2, 0.25) is 0 Å². The van der Waals surface area contributed by atoms with Gasteiger partial charge in [0, 0.05) is 0 Å². The summed E-state index contributed by atoms with van der Waals surface area (Å²) in [6.07, 6.45) is -0.682. The SMILES string of the molecule is Cc1c(C(=O)OCc2ccccc2)c(=O)n(-c2ccccc2)n1C[C@H](C)O. The van der Waals surface area contributed by atoms with Crippen LogP contribution in [-0.2, 0) is 17.9 Å². The average molecular weight is 366 g/mol. The van der Waals surface area contributed by atoms with Gasteiger partial charge in [-0.15, -0.1) is 0 Å². The number of benzene rings is 2. The van der Waals surface area contributed by atoms with E-state index in [1.807, 2.05) is 48.5 Å². The van der Waals surface area contributed by atoms with E-state index in [2.05, 4.69) is 0 Å². The number of carbonyl (C=O) groups is 1. The molecule has 1 N–H and O–H groups in total. The fourth-order valence-corrected chi connectivity index (χ4v) is 2.97. The lowest BCUT2D eigenvalue weighted by atomic mass is 10.2. The smallest absolute Gasteiger partial charge is 0.346 e. The molecule has 2 aromatic carbocycles. The van der Waals surface area contributed by atoms with Crippen LogP contribution in [0.5, 0.6) is 0 Å². The minimum atomic E-state index is -0.682. The third-order valence-corrected chi connectivity index (χ3v) is 4.25. The van der Waals surface area contributed by atoms with Gasteiger partial charge in [0.15, 0.2) is 0 Å². The lowest BCUT2D eigenvalue weighted by Gasteiger charge is -2.15. The normalized spacial score (nSPS) is 12.0. The molecule has 3 aromatic rings. The Balaban J connectivity index is 1.99. The van der Waals surface area contributed by atoms with Crippen LogP contribution in [0.15, 0.2) is 65.5 Å². The second-order valence-corrected chi connectivity index (χ2v) is 6.41. The van der Waals surface area contributed by atoms with Crippen molar-refractivity contribution in [2.24, 2.45) is 0 Å². The van der Waals surface area contributed by atoms with Gasteiger partial charge < -0.3 is 9.84 Å². The van der Waals surface area contributed by atoms with Crippen LogP contribution < -0.4 is 5.56 Å². The van der Waals surface area contributed by atoms with Gasteiger partial charge in [-0.2, -0.15) is 0 Å². The maximum atomic E-state index is 13.0. The zero-order valence-corrected chi connectivity index (χ0v) is 15.3. The van der Waals surface area contributed by atoms with E-state index < -0.39 is 17.6 Å². The standard InChI is InChI=1S/C21H22N2O4/c1-15(24)13-22-16(2)19(20(25)23(22)18-11-7-4-8-12-18)21(26)27-14-17-9-5-3-6-10-17/h3-12,15,24H,13-14H2,1-2H3/t15-/m0/s1. The van der Waals surface area contributed by atoms with Gasteiger partial charge in [0.05, 0.1) is 24.0 Å². The predicted molar refractivity (Wildman–Crippen MR) is 102 cm³/mol. The Kier molecular flexibility index (Phi) is 5.57. The molecule has 3 rings (SSSR count). The molecule has 0 radical (unpaired) electrons. The summed E-state index contributed by atoms with van der Waals surface area (Å²) < 4.78 is 8.37. The van der Waals surface area contributed by atoms with E-state index in [1.165, 1.54) is 4.68 Å². The number of aromatic nitrogens is 2. The highest BCUT2D eigenvalue weighted by atomic mass is 16.5. The maximum Gasteiger partial charge on any atom is 0.346 e. The van der Waals surface area contributed by atoms with Crippen molar-refractivity contribution in [3.8, 4) is 5.69 Å². The Morgan fingerprint density at radius 1 is 1.07 bits per heavy atom. The summed E-state index contributed by atoms with van der Waals surface area (Å²) in [6, 6.07) is 18.3. The highest BCUT2D eigenvalue weighted by Crippen LogP contribution is 2.14. The number of esters is 1. The molecule has 1 atom stereocenters. The number of hydrogen-bond donors (Lipinski definition) is 1. The van der Waals surface area contributed by atoms with Gasteiger partial charge >= 0.3 is 5.97 Å². The highest BCUT2D eigenvalue weighted by molar-refractivity contribution is 5.90. The molecule has 0 aliphatic rings. The van der Waals surface area contributed by atoms with Gasteiger partial charge in [-0.3, -0.25) is 9.48 Å². The number of rotatable bonds is 6. The maximum absolute atomic E-state index is 13.0. The number of aliphatic hydroxyl groups is 1. The summed E-state index contributed by atoms with van der Waals surface area (Å²) in [5.41, 5.74) is 1.44. The van der Waals surface area contributed by atoms with Crippen molar-refractivity contribution in [2.45, 2.75) is 33.1 Å². The van der Waals surface area contributed by atoms with Crippen LogP contribution >= 0.6 is 0 Å². The van der Waals surface area contributed by atoms with Gasteiger partial charge in [-0.05, 0) is 31.5 Å². The van der Waals surface area contributed by atoms with E-state index in [-0.39, 0.29) is 18.7 Å². The van der Waals surface area contributed by atoms with Gasteiger partial charge in [0.1, 0.15) is 12.2 Å². The molecule has 140 valence electrons.